The molecule has 1 aromatic rings. The monoisotopic (exact) mass is 326 g/mol. The second kappa shape index (κ2) is 10.0. The molecule has 0 fully saturated rings. The Morgan fingerprint density at radius 2 is 1.74 bits per heavy atom. The first-order chi connectivity index (χ1) is 9.24. The highest BCUT2D eigenvalue weighted by molar-refractivity contribution is 9.09. The highest BCUT2D eigenvalue weighted by Crippen LogP contribution is 2.27. The summed E-state index contributed by atoms with van der Waals surface area (Å²) in [6, 6.07) is 10.3. The standard InChI is InChI=1S/C16H23BrO2/c17-13-7-2-1-4-10-15(11-12-16(18)19)14-8-5-3-6-9-14/h3,5-6,8-9,15H,1-2,4,7,10-13H2,(H,18,19). The third kappa shape index (κ3) is 7.36. The van der Waals surface area contributed by atoms with Crippen molar-refractivity contribution in [2.45, 2.75) is 50.9 Å². The average Bonchev–Trinajstić information content (AvgIpc) is 2.42. The zero-order chi connectivity index (χ0) is 13.9. The first kappa shape index (κ1) is 16.2. The second-order valence-electron chi connectivity index (χ2n) is 4.93. The Hall–Kier alpha value is -0.830. The van der Waals surface area contributed by atoms with E-state index >= 15 is 0 Å². The number of hydrogen-bond donors (Lipinski definition) is 1. The van der Waals surface area contributed by atoms with Crippen LogP contribution in [-0.2, 0) is 4.79 Å². The van der Waals surface area contributed by atoms with Crippen molar-refractivity contribution >= 4 is 21.9 Å². The van der Waals surface area contributed by atoms with E-state index in [1.807, 2.05) is 18.2 Å². The van der Waals surface area contributed by atoms with Gasteiger partial charge >= 0.3 is 5.97 Å². The molecule has 2 nitrogen and oxygen atoms in total. The number of alkyl halides is 1. The van der Waals surface area contributed by atoms with Crippen LogP contribution in [0.25, 0.3) is 0 Å². The molecule has 0 aromatic heterocycles. The van der Waals surface area contributed by atoms with Crippen LogP contribution in [0, 0.1) is 0 Å². The maximum Gasteiger partial charge on any atom is 0.303 e. The van der Waals surface area contributed by atoms with Crippen LogP contribution in [0.15, 0.2) is 30.3 Å². The molecule has 3 heteroatoms. The molecule has 106 valence electrons. The van der Waals surface area contributed by atoms with E-state index in [4.69, 9.17) is 5.11 Å². The number of carboxylic acid groups (broad SMARTS) is 1. The molecule has 0 spiro atoms. The largest absolute Gasteiger partial charge is 0.481 e. The van der Waals surface area contributed by atoms with Gasteiger partial charge in [0, 0.05) is 11.8 Å². The summed E-state index contributed by atoms with van der Waals surface area (Å²) in [7, 11) is 0. The predicted octanol–water partition coefficient (Wildman–Crippen LogP) is 4.98. The van der Waals surface area contributed by atoms with E-state index in [-0.39, 0.29) is 6.42 Å². The Labute approximate surface area is 124 Å². The van der Waals surface area contributed by atoms with E-state index in [1.165, 1.54) is 31.2 Å². The first-order valence-corrected chi connectivity index (χ1v) is 8.19. The predicted molar refractivity (Wildman–Crippen MR) is 82.9 cm³/mol. The minimum Gasteiger partial charge on any atom is -0.481 e. The van der Waals surface area contributed by atoms with Gasteiger partial charge in [-0.25, -0.2) is 0 Å². The summed E-state index contributed by atoms with van der Waals surface area (Å²) in [6.45, 7) is 0. The molecule has 0 saturated carbocycles. The van der Waals surface area contributed by atoms with Gasteiger partial charge in [-0.3, -0.25) is 4.79 Å². The van der Waals surface area contributed by atoms with Gasteiger partial charge in [0.15, 0.2) is 0 Å². The minimum atomic E-state index is -0.694. The smallest absolute Gasteiger partial charge is 0.303 e. The van der Waals surface area contributed by atoms with Crippen LogP contribution in [0.5, 0.6) is 0 Å². The van der Waals surface area contributed by atoms with Crippen LogP contribution in [0.1, 0.15) is 56.4 Å². The molecule has 0 amide bonds. The van der Waals surface area contributed by atoms with Gasteiger partial charge < -0.3 is 5.11 Å². The van der Waals surface area contributed by atoms with Gasteiger partial charge in [0.1, 0.15) is 0 Å². The van der Waals surface area contributed by atoms with Crippen LogP contribution in [0.3, 0.4) is 0 Å². The number of benzene rings is 1. The normalized spacial score (nSPS) is 12.3. The molecule has 19 heavy (non-hydrogen) atoms. The van der Waals surface area contributed by atoms with Crippen molar-refractivity contribution in [3.8, 4) is 0 Å². The molecule has 0 aliphatic heterocycles. The van der Waals surface area contributed by atoms with Crippen molar-refractivity contribution in [1.82, 2.24) is 0 Å². The highest BCUT2D eigenvalue weighted by atomic mass is 79.9. The summed E-state index contributed by atoms with van der Waals surface area (Å²) in [5.74, 6) is -0.304. The molecular formula is C16H23BrO2. The zero-order valence-corrected chi connectivity index (χ0v) is 12.9. The molecule has 1 N–H and O–H groups in total. The van der Waals surface area contributed by atoms with Crippen molar-refractivity contribution < 1.29 is 9.90 Å². The summed E-state index contributed by atoms with van der Waals surface area (Å²) in [5.41, 5.74) is 1.28. The molecule has 0 heterocycles. The summed E-state index contributed by atoms with van der Waals surface area (Å²) in [6.07, 6.45) is 7.02. The lowest BCUT2D eigenvalue weighted by Crippen LogP contribution is -2.03. The second-order valence-corrected chi connectivity index (χ2v) is 5.72. The molecule has 1 rings (SSSR count). The molecule has 1 unspecified atom stereocenters. The number of rotatable bonds is 10. The van der Waals surface area contributed by atoms with Crippen LogP contribution in [-0.4, -0.2) is 16.4 Å². The quantitative estimate of drug-likeness (QED) is 0.486. The van der Waals surface area contributed by atoms with E-state index in [9.17, 15) is 4.79 Å². The summed E-state index contributed by atoms with van der Waals surface area (Å²) in [5, 5.41) is 9.92. The maximum atomic E-state index is 10.7. The van der Waals surface area contributed by atoms with Gasteiger partial charge in [-0.2, -0.15) is 0 Å². The third-order valence-electron chi connectivity index (χ3n) is 3.41. The van der Waals surface area contributed by atoms with Gasteiger partial charge in [-0.15, -0.1) is 0 Å². The van der Waals surface area contributed by atoms with Crippen LogP contribution in [0.4, 0.5) is 0 Å². The SMILES string of the molecule is O=C(O)CCC(CCCCCCBr)c1ccccc1. The van der Waals surface area contributed by atoms with E-state index < -0.39 is 5.97 Å². The van der Waals surface area contributed by atoms with Crippen molar-refractivity contribution in [1.29, 1.82) is 0 Å². The fourth-order valence-electron chi connectivity index (χ4n) is 2.34. The maximum absolute atomic E-state index is 10.7. The topological polar surface area (TPSA) is 37.3 Å². The summed E-state index contributed by atoms with van der Waals surface area (Å²) < 4.78 is 0. The van der Waals surface area contributed by atoms with Crippen LogP contribution >= 0.6 is 15.9 Å². The fraction of sp³-hybridized carbons (Fsp3) is 0.562. The lowest BCUT2D eigenvalue weighted by molar-refractivity contribution is -0.137. The Morgan fingerprint density at radius 1 is 1.05 bits per heavy atom. The van der Waals surface area contributed by atoms with Crippen molar-refractivity contribution in [2.75, 3.05) is 5.33 Å². The molecule has 0 bridgehead atoms. The van der Waals surface area contributed by atoms with E-state index in [0.717, 1.165) is 18.2 Å². The van der Waals surface area contributed by atoms with E-state index in [0.29, 0.717) is 5.92 Å². The summed E-state index contributed by atoms with van der Waals surface area (Å²) in [4.78, 5) is 10.7. The molecule has 0 saturated heterocycles. The average molecular weight is 327 g/mol. The molecule has 0 aliphatic carbocycles. The molecular weight excluding hydrogens is 304 g/mol. The Balaban J connectivity index is 2.43. The van der Waals surface area contributed by atoms with Crippen molar-refractivity contribution in [2.24, 2.45) is 0 Å². The van der Waals surface area contributed by atoms with Gasteiger partial charge in [-0.05, 0) is 30.7 Å². The number of carbonyl (C=O) groups is 1. The Bertz CT molecular complexity index is 351. The number of hydrogen-bond acceptors (Lipinski definition) is 1. The number of carboxylic acids is 1. The van der Waals surface area contributed by atoms with Crippen LogP contribution < -0.4 is 0 Å². The number of unbranched alkanes of at least 4 members (excludes halogenated alkanes) is 3. The van der Waals surface area contributed by atoms with E-state index in [2.05, 4.69) is 28.1 Å². The third-order valence-corrected chi connectivity index (χ3v) is 3.97. The van der Waals surface area contributed by atoms with Crippen LogP contribution in [0.2, 0.25) is 0 Å². The van der Waals surface area contributed by atoms with Crippen molar-refractivity contribution in [3.63, 3.8) is 0 Å². The highest BCUT2D eigenvalue weighted by Gasteiger charge is 2.12. The number of halogens is 1. The van der Waals surface area contributed by atoms with Gasteiger partial charge in [-0.1, -0.05) is 65.5 Å². The molecule has 1 aromatic carbocycles. The lowest BCUT2D eigenvalue weighted by Gasteiger charge is -2.16. The fourth-order valence-corrected chi connectivity index (χ4v) is 2.74. The molecule has 1 atom stereocenters. The zero-order valence-electron chi connectivity index (χ0n) is 11.4. The molecule has 0 radical (unpaired) electrons. The number of aliphatic carboxylic acids is 1. The van der Waals surface area contributed by atoms with Gasteiger partial charge in [0.25, 0.3) is 0 Å². The Kier molecular flexibility index (Phi) is 8.55. The van der Waals surface area contributed by atoms with E-state index in [1.54, 1.807) is 0 Å². The van der Waals surface area contributed by atoms with Gasteiger partial charge in [0.05, 0.1) is 0 Å². The summed E-state index contributed by atoms with van der Waals surface area (Å²) >= 11 is 3.44. The first-order valence-electron chi connectivity index (χ1n) is 7.06. The molecule has 0 aliphatic rings. The minimum absolute atomic E-state index is 0.265. The Morgan fingerprint density at radius 3 is 2.37 bits per heavy atom. The van der Waals surface area contributed by atoms with Gasteiger partial charge in [0.2, 0.25) is 0 Å². The lowest BCUT2D eigenvalue weighted by atomic mass is 9.89. The van der Waals surface area contributed by atoms with Crippen molar-refractivity contribution in [3.05, 3.63) is 35.9 Å².